The number of benzene rings is 1. The first-order valence-corrected chi connectivity index (χ1v) is 8.18. The molecule has 1 amide bonds. The van der Waals surface area contributed by atoms with Gasteiger partial charge in [0, 0.05) is 6.20 Å². The van der Waals surface area contributed by atoms with E-state index in [4.69, 9.17) is 4.42 Å². The van der Waals surface area contributed by atoms with Gasteiger partial charge in [0.15, 0.2) is 0 Å². The largest absolute Gasteiger partial charge is 0.460 e. The van der Waals surface area contributed by atoms with E-state index in [1.807, 2.05) is 38.1 Å². The summed E-state index contributed by atoms with van der Waals surface area (Å²) in [5, 5.41) is 3.83. The second-order valence-electron chi connectivity index (χ2n) is 5.99. The highest BCUT2D eigenvalue weighted by atomic mass is 16.3. The highest BCUT2D eigenvalue weighted by molar-refractivity contribution is 5.94. The van der Waals surface area contributed by atoms with Crippen molar-refractivity contribution in [1.82, 2.24) is 9.99 Å². The lowest BCUT2D eigenvalue weighted by Gasteiger charge is -2.08. The van der Waals surface area contributed by atoms with Crippen LogP contribution in [0.3, 0.4) is 0 Å². The van der Waals surface area contributed by atoms with Gasteiger partial charge in [0.05, 0.1) is 12.8 Å². The van der Waals surface area contributed by atoms with Crippen molar-refractivity contribution in [3.05, 3.63) is 93.3 Å². The zero-order chi connectivity index (χ0) is 18.5. The van der Waals surface area contributed by atoms with Gasteiger partial charge < -0.3 is 8.98 Å². The molecule has 0 saturated carbocycles. The topological polar surface area (TPSA) is 76.6 Å². The zero-order valence-corrected chi connectivity index (χ0v) is 14.6. The molecule has 0 fully saturated rings. The summed E-state index contributed by atoms with van der Waals surface area (Å²) in [4.78, 5) is 24.8. The molecule has 0 unspecified atom stereocenters. The summed E-state index contributed by atoms with van der Waals surface area (Å²) in [6.45, 7) is 4.21. The minimum Gasteiger partial charge on any atom is -0.460 e. The third-order valence-corrected chi connectivity index (χ3v) is 3.82. The van der Waals surface area contributed by atoms with Crippen molar-refractivity contribution in [2.75, 3.05) is 0 Å². The molecule has 26 heavy (non-hydrogen) atoms. The number of nitrogens with zero attached hydrogens (tertiary/aromatic N) is 2. The molecule has 2 heterocycles. The highest BCUT2D eigenvalue weighted by Crippen LogP contribution is 2.06. The third kappa shape index (κ3) is 4.16. The predicted molar refractivity (Wildman–Crippen MR) is 99.5 cm³/mol. The van der Waals surface area contributed by atoms with Crippen LogP contribution in [0.25, 0.3) is 0 Å². The van der Waals surface area contributed by atoms with Crippen LogP contribution in [-0.4, -0.2) is 16.7 Å². The molecule has 0 bridgehead atoms. The lowest BCUT2D eigenvalue weighted by atomic mass is 10.1. The average Bonchev–Trinajstić information content (AvgIpc) is 3.02. The van der Waals surface area contributed by atoms with Crippen LogP contribution < -0.4 is 11.0 Å². The van der Waals surface area contributed by atoms with E-state index in [2.05, 4.69) is 10.5 Å². The van der Waals surface area contributed by atoms with Gasteiger partial charge in [0.2, 0.25) is 0 Å². The van der Waals surface area contributed by atoms with Crippen molar-refractivity contribution in [3.8, 4) is 0 Å². The van der Waals surface area contributed by atoms with Crippen molar-refractivity contribution in [2.24, 2.45) is 5.10 Å². The molecule has 1 aromatic carbocycles. The Kier molecular flexibility index (Phi) is 5.12. The fourth-order valence-electron chi connectivity index (χ4n) is 2.58. The summed E-state index contributed by atoms with van der Waals surface area (Å²) in [6, 6.07) is 14.6. The number of aryl methyl sites for hydroxylation is 2. The number of hydrogen-bond donors (Lipinski definition) is 1. The highest BCUT2D eigenvalue weighted by Gasteiger charge is 2.11. The Bertz CT molecular complexity index is 1010. The number of amides is 1. The lowest BCUT2D eigenvalue weighted by molar-refractivity contribution is 0.0953. The van der Waals surface area contributed by atoms with E-state index in [1.54, 1.807) is 24.4 Å². The molecule has 132 valence electrons. The molecule has 6 heteroatoms. The Morgan fingerprint density at radius 2 is 2.04 bits per heavy atom. The fraction of sp³-hybridized carbons (Fsp3) is 0.150. The van der Waals surface area contributed by atoms with Crippen LogP contribution in [0.1, 0.15) is 33.0 Å². The molecule has 6 nitrogen and oxygen atoms in total. The molecule has 3 rings (SSSR count). The van der Waals surface area contributed by atoms with E-state index in [9.17, 15) is 9.59 Å². The first-order valence-electron chi connectivity index (χ1n) is 8.18. The van der Waals surface area contributed by atoms with Crippen LogP contribution >= 0.6 is 0 Å². The molecule has 2 aromatic heterocycles. The van der Waals surface area contributed by atoms with Gasteiger partial charge in [-0.15, -0.1) is 0 Å². The molecular formula is C20H19N3O3. The van der Waals surface area contributed by atoms with Crippen LogP contribution in [-0.2, 0) is 6.54 Å². The molecule has 0 atom stereocenters. The van der Waals surface area contributed by atoms with Crippen LogP contribution in [0.5, 0.6) is 0 Å². The van der Waals surface area contributed by atoms with Gasteiger partial charge in [0.25, 0.3) is 11.5 Å². The molecule has 0 saturated heterocycles. The summed E-state index contributed by atoms with van der Waals surface area (Å²) in [7, 11) is 0. The van der Waals surface area contributed by atoms with Gasteiger partial charge in [-0.05, 0) is 43.7 Å². The summed E-state index contributed by atoms with van der Waals surface area (Å²) >= 11 is 0. The second-order valence-corrected chi connectivity index (χ2v) is 5.99. The maximum absolute atomic E-state index is 12.6. The number of nitrogens with one attached hydrogen (secondary N) is 1. The molecule has 0 aliphatic carbocycles. The SMILES string of the molecule is Cc1cccc(Cn2cccc(C(=O)N/N=C\c3ccc(C)o3)c2=O)c1. The summed E-state index contributed by atoms with van der Waals surface area (Å²) in [6.07, 6.45) is 3.05. The van der Waals surface area contributed by atoms with E-state index in [0.717, 1.165) is 16.9 Å². The zero-order valence-electron chi connectivity index (χ0n) is 14.6. The monoisotopic (exact) mass is 349 g/mol. The Hall–Kier alpha value is -3.41. The van der Waals surface area contributed by atoms with E-state index < -0.39 is 5.91 Å². The van der Waals surface area contributed by atoms with E-state index in [0.29, 0.717) is 12.3 Å². The Morgan fingerprint density at radius 1 is 1.19 bits per heavy atom. The Morgan fingerprint density at radius 3 is 2.77 bits per heavy atom. The van der Waals surface area contributed by atoms with Crippen LogP contribution in [0.15, 0.2) is 69.0 Å². The number of hydrogen-bond acceptors (Lipinski definition) is 4. The predicted octanol–water partition coefficient (Wildman–Crippen LogP) is 2.87. The molecule has 0 aliphatic heterocycles. The summed E-state index contributed by atoms with van der Waals surface area (Å²) < 4.78 is 6.83. The average molecular weight is 349 g/mol. The van der Waals surface area contributed by atoms with Crippen molar-refractivity contribution >= 4 is 12.1 Å². The smallest absolute Gasteiger partial charge is 0.276 e. The van der Waals surface area contributed by atoms with E-state index in [-0.39, 0.29) is 11.1 Å². The fourth-order valence-corrected chi connectivity index (χ4v) is 2.58. The van der Waals surface area contributed by atoms with E-state index in [1.165, 1.54) is 16.8 Å². The third-order valence-electron chi connectivity index (χ3n) is 3.82. The number of furan rings is 1. The van der Waals surface area contributed by atoms with Crippen LogP contribution in [0.4, 0.5) is 0 Å². The van der Waals surface area contributed by atoms with Gasteiger partial charge in [-0.1, -0.05) is 29.8 Å². The number of carbonyl (C=O) groups excluding carboxylic acids is 1. The van der Waals surface area contributed by atoms with Crippen molar-refractivity contribution < 1.29 is 9.21 Å². The van der Waals surface area contributed by atoms with Crippen LogP contribution in [0.2, 0.25) is 0 Å². The Labute approximate surface area is 150 Å². The number of aromatic nitrogens is 1. The Balaban J connectivity index is 1.74. The van der Waals surface area contributed by atoms with Gasteiger partial charge in [-0.3, -0.25) is 9.59 Å². The normalized spacial score (nSPS) is 11.0. The van der Waals surface area contributed by atoms with Gasteiger partial charge >= 0.3 is 0 Å². The minimum absolute atomic E-state index is 0.0351. The quantitative estimate of drug-likeness (QED) is 0.568. The molecular weight excluding hydrogens is 330 g/mol. The maximum Gasteiger partial charge on any atom is 0.276 e. The standard InChI is InChI=1S/C20H19N3O3/c1-14-5-3-6-16(11-14)13-23-10-4-7-18(20(23)25)19(24)22-21-12-17-9-8-15(2)26-17/h3-12H,13H2,1-2H3,(H,22,24)/b21-12-. The second kappa shape index (κ2) is 7.65. The molecule has 0 spiro atoms. The molecule has 1 N–H and O–H groups in total. The van der Waals surface area contributed by atoms with Gasteiger partial charge in [-0.2, -0.15) is 5.10 Å². The van der Waals surface area contributed by atoms with Gasteiger partial charge in [-0.25, -0.2) is 5.43 Å². The number of carbonyl (C=O) groups is 1. The van der Waals surface area contributed by atoms with Gasteiger partial charge in [0.1, 0.15) is 17.1 Å². The number of hydrazone groups is 1. The summed E-state index contributed by atoms with van der Waals surface area (Å²) in [5.74, 6) is 0.709. The first kappa shape index (κ1) is 17.4. The van der Waals surface area contributed by atoms with Crippen molar-refractivity contribution in [2.45, 2.75) is 20.4 Å². The molecule has 3 aromatic rings. The molecule has 0 aliphatic rings. The minimum atomic E-state index is -0.562. The van der Waals surface area contributed by atoms with Crippen molar-refractivity contribution in [3.63, 3.8) is 0 Å². The summed E-state index contributed by atoms with van der Waals surface area (Å²) in [5.41, 5.74) is 4.14. The number of rotatable bonds is 5. The van der Waals surface area contributed by atoms with Crippen molar-refractivity contribution in [1.29, 1.82) is 0 Å². The maximum atomic E-state index is 12.6. The number of pyridine rings is 1. The van der Waals surface area contributed by atoms with Crippen LogP contribution in [0, 0.1) is 13.8 Å². The lowest BCUT2D eigenvalue weighted by Crippen LogP contribution is -2.30. The van der Waals surface area contributed by atoms with E-state index >= 15 is 0 Å². The first-order chi connectivity index (χ1) is 12.5. The molecule has 0 radical (unpaired) electrons.